The second-order valence-electron chi connectivity index (χ2n) is 7.82. The second-order valence-corrected chi connectivity index (χ2v) is 7.82. The number of aromatic nitrogens is 1. The van der Waals surface area contributed by atoms with Gasteiger partial charge in [-0.3, -0.25) is 9.98 Å². The van der Waals surface area contributed by atoms with Crippen LogP contribution in [0.25, 0.3) is 11.1 Å². The first-order valence-electron chi connectivity index (χ1n) is 10.6. The van der Waals surface area contributed by atoms with Crippen molar-refractivity contribution in [3.8, 4) is 0 Å². The Bertz CT molecular complexity index is 1240. The molecule has 1 atom stereocenters. The largest absolute Gasteiger partial charge is 0.264 e. The van der Waals surface area contributed by atoms with Crippen molar-refractivity contribution in [2.24, 2.45) is 4.99 Å². The molecule has 32 heavy (non-hydrogen) atoms. The first-order valence-corrected chi connectivity index (χ1v) is 10.6. The van der Waals surface area contributed by atoms with Crippen LogP contribution in [0.2, 0.25) is 0 Å². The van der Waals surface area contributed by atoms with Crippen LogP contribution in [-0.2, 0) is 0 Å². The standard InChI is InChI=1S/C29H25FN2/c1-20(22-8-5-4-6-9-22)21(2)27-18-24(13-16-28(27)31-3)29(25-10-7-17-32-19-25)23-11-14-26(30)15-12-23/h4-19,29H,3H2,1-2H3/b21-20+. The third-order valence-electron chi connectivity index (χ3n) is 5.92. The first-order chi connectivity index (χ1) is 15.6. The number of pyridine rings is 1. The van der Waals surface area contributed by atoms with Gasteiger partial charge in [-0.2, -0.15) is 0 Å². The Hall–Kier alpha value is -3.85. The van der Waals surface area contributed by atoms with E-state index in [0.717, 1.165) is 33.5 Å². The quantitative estimate of drug-likeness (QED) is 0.232. The van der Waals surface area contributed by atoms with Gasteiger partial charge in [0.05, 0.1) is 5.69 Å². The van der Waals surface area contributed by atoms with Gasteiger partial charge in [0.25, 0.3) is 0 Å². The molecule has 4 aromatic rings. The van der Waals surface area contributed by atoms with Gasteiger partial charge in [0.1, 0.15) is 5.82 Å². The van der Waals surface area contributed by atoms with Gasteiger partial charge in [0.2, 0.25) is 0 Å². The molecule has 0 aliphatic rings. The predicted octanol–water partition coefficient (Wildman–Crippen LogP) is 7.68. The zero-order valence-corrected chi connectivity index (χ0v) is 18.3. The number of halogens is 1. The number of allylic oxidation sites excluding steroid dienone is 2. The van der Waals surface area contributed by atoms with Crippen molar-refractivity contribution in [1.29, 1.82) is 0 Å². The van der Waals surface area contributed by atoms with Crippen LogP contribution in [0.3, 0.4) is 0 Å². The normalized spacial score (nSPS) is 12.7. The van der Waals surface area contributed by atoms with E-state index in [9.17, 15) is 4.39 Å². The fraction of sp³-hybridized carbons (Fsp3) is 0.103. The summed E-state index contributed by atoms with van der Waals surface area (Å²) in [6.45, 7) is 8.03. The SMILES string of the molecule is C=Nc1ccc(C(c2ccc(F)cc2)c2cccnc2)cc1/C(C)=C(\C)c1ccccc1. The highest BCUT2D eigenvalue weighted by Gasteiger charge is 2.19. The molecule has 0 fully saturated rings. The molecule has 0 saturated carbocycles. The summed E-state index contributed by atoms with van der Waals surface area (Å²) in [4.78, 5) is 8.60. The monoisotopic (exact) mass is 420 g/mol. The molecule has 0 bridgehead atoms. The van der Waals surface area contributed by atoms with Gasteiger partial charge in [0, 0.05) is 23.9 Å². The number of rotatable bonds is 6. The Morgan fingerprint density at radius 1 is 0.812 bits per heavy atom. The third-order valence-corrected chi connectivity index (χ3v) is 5.92. The summed E-state index contributed by atoms with van der Waals surface area (Å²) in [6, 6.07) is 27.2. The first kappa shape index (κ1) is 21.4. The lowest BCUT2D eigenvalue weighted by Crippen LogP contribution is -2.05. The molecular weight excluding hydrogens is 395 g/mol. The molecule has 0 aliphatic carbocycles. The van der Waals surface area contributed by atoms with E-state index in [0.29, 0.717) is 0 Å². The zero-order valence-electron chi connectivity index (χ0n) is 18.3. The number of nitrogens with zero attached hydrogens (tertiary/aromatic N) is 2. The molecule has 0 saturated heterocycles. The van der Waals surface area contributed by atoms with Crippen molar-refractivity contribution in [3.05, 3.63) is 131 Å². The molecular formula is C29H25FN2. The van der Waals surface area contributed by atoms with Crippen LogP contribution in [0.5, 0.6) is 0 Å². The minimum atomic E-state index is -0.247. The van der Waals surface area contributed by atoms with Gasteiger partial charge in [0.15, 0.2) is 0 Å². The van der Waals surface area contributed by atoms with Crippen molar-refractivity contribution in [2.75, 3.05) is 0 Å². The zero-order chi connectivity index (χ0) is 22.5. The lowest BCUT2D eigenvalue weighted by Gasteiger charge is -2.21. The van der Waals surface area contributed by atoms with Gasteiger partial charge < -0.3 is 0 Å². The van der Waals surface area contributed by atoms with E-state index in [1.807, 2.05) is 48.7 Å². The molecule has 0 aliphatic heterocycles. The predicted molar refractivity (Wildman–Crippen MR) is 132 cm³/mol. The van der Waals surface area contributed by atoms with Crippen LogP contribution in [0.15, 0.2) is 102 Å². The molecule has 158 valence electrons. The molecule has 3 heteroatoms. The maximum absolute atomic E-state index is 13.6. The number of hydrogen-bond donors (Lipinski definition) is 0. The van der Waals surface area contributed by atoms with Crippen LogP contribution in [0.1, 0.15) is 47.6 Å². The summed E-state index contributed by atoms with van der Waals surface area (Å²) >= 11 is 0. The van der Waals surface area contributed by atoms with E-state index in [2.05, 4.69) is 60.9 Å². The van der Waals surface area contributed by atoms with Crippen LogP contribution < -0.4 is 0 Å². The average molecular weight is 421 g/mol. The smallest absolute Gasteiger partial charge is 0.123 e. The van der Waals surface area contributed by atoms with Gasteiger partial charge in [-0.1, -0.05) is 54.6 Å². The molecule has 0 amide bonds. The fourth-order valence-corrected chi connectivity index (χ4v) is 4.06. The molecule has 1 unspecified atom stereocenters. The van der Waals surface area contributed by atoms with Gasteiger partial charge in [-0.15, -0.1) is 0 Å². The number of benzene rings is 3. The lowest BCUT2D eigenvalue weighted by atomic mass is 9.84. The number of aliphatic imine (C=N–C) groups is 1. The Morgan fingerprint density at radius 2 is 1.53 bits per heavy atom. The molecule has 4 rings (SSSR count). The molecule has 0 N–H and O–H groups in total. The minimum absolute atomic E-state index is 0.0771. The van der Waals surface area contributed by atoms with E-state index in [1.165, 1.54) is 23.3 Å². The third kappa shape index (κ3) is 4.42. The highest BCUT2D eigenvalue weighted by Crippen LogP contribution is 2.38. The van der Waals surface area contributed by atoms with Gasteiger partial charge in [-0.05, 0) is 84.3 Å². The summed E-state index contributed by atoms with van der Waals surface area (Å²) in [7, 11) is 0. The van der Waals surface area contributed by atoms with Crippen LogP contribution >= 0.6 is 0 Å². The Balaban J connectivity index is 1.88. The summed E-state index contributed by atoms with van der Waals surface area (Å²) < 4.78 is 13.6. The Kier molecular flexibility index (Phi) is 6.37. The lowest BCUT2D eigenvalue weighted by molar-refractivity contribution is 0.627. The van der Waals surface area contributed by atoms with E-state index in [1.54, 1.807) is 6.20 Å². The topological polar surface area (TPSA) is 25.2 Å². The van der Waals surface area contributed by atoms with Crippen molar-refractivity contribution in [3.63, 3.8) is 0 Å². The maximum Gasteiger partial charge on any atom is 0.123 e. The van der Waals surface area contributed by atoms with Gasteiger partial charge in [-0.25, -0.2) is 4.39 Å². The molecule has 1 aromatic heterocycles. The molecule has 1 heterocycles. The second kappa shape index (κ2) is 9.52. The highest BCUT2D eigenvalue weighted by molar-refractivity contribution is 5.92. The summed E-state index contributed by atoms with van der Waals surface area (Å²) in [5, 5.41) is 0. The summed E-state index contributed by atoms with van der Waals surface area (Å²) in [6.07, 6.45) is 3.63. The minimum Gasteiger partial charge on any atom is -0.264 e. The molecule has 3 aromatic carbocycles. The fourth-order valence-electron chi connectivity index (χ4n) is 4.06. The van der Waals surface area contributed by atoms with E-state index in [-0.39, 0.29) is 11.7 Å². The van der Waals surface area contributed by atoms with Crippen molar-refractivity contribution in [1.82, 2.24) is 4.98 Å². The van der Waals surface area contributed by atoms with Crippen molar-refractivity contribution in [2.45, 2.75) is 19.8 Å². The van der Waals surface area contributed by atoms with Crippen molar-refractivity contribution >= 4 is 23.6 Å². The van der Waals surface area contributed by atoms with E-state index >= 15 is 0 Å². The van der Waals surface area contributed by atoms with Crippen LogP contribution in [0.4, 0.5) is 10.1 Å². The molecule has 0 spiro atoms. The summed E-state index contributed by atoms with van der Waals surface area (Å²) in [5.41, 5.74) is 8.52. The highest BCUT2D eigenvalue weighted by atomic mass is 19.1. The number of hydrogen-bond acceptors (Lipinski definition) is 2. The van der Waals surface area contributed by atoms with Crippen LogP contribution in [-0.4, -0.2) is 11.7 Å². The van der Waals surface area contributed by atoms with Crippen LogP contribution in [0, 0.1) is 5.82 Å². The Morgan fingerprint density at radius 3 is 2.19 bits per heavy atom. The average Bonchev–Trinajstić information content (AvgIpc) is 2.85. The summed E-state index contributed by atoms with van der Waals surface area (Å²) in [5.74, 6) is -0.324. The van der Waals surface area contributed by atoms with E-state index < -0.39 is 0 Å². The Labute approximate surface area is 188 Å². The van der Waals surface area contributed by atoms with E-state index in [4.69, 9.17) is 0 Å². The molecule has 2 nitrogen and oxygen atoms in total. The van der Waals surface area contributed by atoms with Gasteiger partial charge >= 0.3 is 0 Å². The maximum atomic E-state index is 13.6. The molecule has 0 radical (unpaired) electrons. The van der Waals surface area contributed by atoms with Crippen molar-refractivity contribution < 1.29 is 4.39 Å².